The molecule has 0 aromatic carbocycles. The second-order valence-corrected chi connectivity index (χ2v) is 6.53. The third-order valence-electron chi connectivity index (χ3n) is 3.67. The van der Waals surface area contributed by atoms with E-state index in [-0.39, 0.29) is 5.41 Å². The van der Waals surface area contributed by atoms with Crippen LogP contribution in [0.4, 0.5) is 0 Å². The van der Waals surface area contributed by atoms with Gasteiger partial charge in [0.2, 0.25) is 0 Å². The zero-order chi connectivity index (χ0) is 11.8. The van der Waals surface area contributed by atoms with Crippen molar-refractivity contribution in [2.24, 2.45) is 5.41 Å². The van der Waals surface area contributed by atoms with Gasteiger partial charge in [0, 0.05) is 28.6 Å². The fraction of sp³-hybridized carbons (Fsp3) is 0.750. The van der Waals surface area contributed by atoms with Crippen molar-refractivity contribution in [3.63, 3.8) is 0 Å². The van der Waals surface area contributed by atoms with Gasteiger partial charge in [-0.05, 0) is 27.2 Å². The lowest BCUT2D eigenvalue weighted by Gasteiger charge is -2.29. The first-order valence-electron chi connectivity index (χ1n) is 5.68. The number of aromatic nitrogens is 1. The average molecular weight is 304 g/mol. The van der Waals surface area contributed by atoms with Crippen LogP contribution in [0.15, 0.2) is 0 Å². The number of rotatable bonds is 3. The molecule has 2 atom stereocenters. The van der Waals surface area contributed by atoms with E-state index in [2.05, 4.69) is 41.7 Å². The van der Waals surface area contributed by atoms with Crippen LogP contribution < -0.4 is 0 Å². The largest absolute Gasteiger partial charge is 0.378 e. The Hall–Kier alpha value is 0.0700. The van der Waals surface area contributed by atoms with E-state index in [1.807, 2.05) is 11.3 Å². The molecule has 0 amide bonds. The first-order chi connectivity index (χ1) is 7.57. The number of halogens is 1. The molecule has 16 heavy (non-hydrogen) atoms. The molecular weight excluding hydrogens is 286 g/mol. The molecule has 0 saturated carbocycles. The number of thiazole rings is 1. The maximum absolute atomic E-state index is 5.72. The van der Waals surface area contributed by atoms with Gasteiger partial charge in [-0.2, -0.15) is 0 Å². The van der Waals surface area contributed by atoms with E-state index in [0.717, 1.165) is 24.8 Å². The highest BCUT2D eigenvalue weighted by Crippen LogP contribution is 2.40. The monoisotopic (exact) mass is 303 g/mol. The lowest BCUT2D eigenvalue weighted by Crippen LogP contribution is -2.32. The molecule has 0 N–H and O–H groups in total. The van der Waals surface area contributed by atoms with Gasteiger partial charge in [-0.25, -0.2) is 4.98 Å². The van der Waals surface area contributed by atoms with Crippen LogP contribution >= 0.6 is 27.3 Å². The molecule has 4 heteroatoms. The number of hydrogen-bond acceptors (Lipinski definition) is 3. The zero-order valence-corrected chi connectivity index (χ0v) is 12.4. The summed E-state index contributed by atoms with van der Waals surface area (Å²) in [7, 11) is 0. The van der Waals surface area contributed by atoms with Crippen LogP contribution in [0.3, 0.4) is 0 Å². The maximum atomic E-state index is 5.72. The number of nitrogens with zero attached hydrogens (tertiary/aromatic N) is 1. The van der Waals surface area contributed by atoms with Gasteiger partial charge in [-0.15, -0.1) is 11.3 Å². The third-order valence-corrected chi connectivity index (χ3v) is 5.86. The van der Waals surface area contributed by atoms with Crippen molar-refractivity contribution in [2.45, 2.75) is 39.7 Å². The summed E-state index contributed by atoms with van der Waals surface area (Å²) in [5, 5.41) is 2.26. The molecule has 1 aromatic rings. The summed E-state index contributed by atoms with van der Waals surface area (Å²) < 4.78 is 5.72. The summed E-state index contributed by atoms with van der Waals surface area (Å²) >= 11 is 5.48. The quantitative estimate of drug-likeness (QED) is 0.798. The van der Waals surface area contributed by atoms with Gasteiger partial charge in [-0.1, -0.05) is 15.9 Å². The Kier molecular flexibility index (Phi) is 3.72. The van der Waals surface area contributed by atoms with Crippen molar-refractivity contribution >= 4 is 27.3 Å². The Balaban J connectivity index is 2.18. The van der Waals surface area contributed by atoms with Crippen LogP contribution in [-0.4, -0.2) is 23.0 Å². The minimum Gasteiger partial charge on any atom is -0.378 e. The first kappa shape index (κ1) is 12.5. The Morgan fingerprint density at radius 2 is 2.31 bits per heavy atom. The van der Waals surface area contributed by atoms with Crippen LogP contribution in [0.1, 0.15) is 28.9 Å². The van der Waals surface area contributed by atoms with E-state index in [1.54, 1.807) is 0 Å². The van der Waals surface area contributed by atoms with Gasteiger partial charge in [0.25, 0.3) is 0 Å². The van der Waals surface area contributed by atoms with Crippen molar-refractivity contribution in [3.8, 4) is 0 Å². The standard InChI is InChI=1S/C12H18BrNOS/c1-8-9(2)16-11(14-8)6-12(7-13)4-5-15-10(12)3/h10H,4-7H2,1-3H3. The second kappa shape index (κ2) is 4.75. The van der Waals surface area contributed by atoms with Gasteiger partial charge in [0.15, 0.2) is 0 Å². The third kappa shape index (κ3) is 2.20. The smallest absolute Gasteiger partial charge is 0.0937 e. The molecular formula is C12H18BrNOS. The molecule has 0 aliphatic carbocycles. The van der Waals surface area contributed by atoms with Gasteiger partial charge in [0.05, 0.1) is 16.8 Å². The summed E-state index contributed by atoms with van der Waals surface area (Å²) in [5.74, 6) is 0. The Bertz CT molecular complexity index is 360. The highest BCUT2D eigenvalue weighted by molar-refractivity contribution is 9.09. The molecule has 0 bridgehead atoms. The van der Waals surface area contributed by atoms with Gasteiger partial charge >= 0.3 is 0 Å². The van der Waals surface area contributed by atoms with E-state index in [1.165, 1.54) is 15.6 Å². The number of aryl methyl sites for hydroxylation is 2. The van der Waals surface area contributed by atoms with Gasteiger partial charge in [-0.3, -0.25) is 0 Å². The molecule has 2 rings (SSSR count). The minimum absolute atomic E-state index is 0.247. The summed E-state index contributed by atoms with van der Waals surface area (Å²) in [6.45, 7) is 7.30. The van der Waals surface area contributed by atoms with E-state index in [4.69, 9.17) is 4.74 Å². The lowest BCUT2D eigenvalue weighted by molar-refractivity contribution is 0.0746. The number of ether oxygens (including phenoxy) is 1. The molecule has 0 radical (unpaired) electrons. The molecule has 2 unspecified atom stereocenters. The predicted octanol–water partition coefficient (Wildman–Crippen LogP) is 3.49. The fourth-order valence-electron chi connectivity index (χ4n) is 2.19. The molecule has 2 nitrogen and oxygen atoms in total. The van der Waals surface area contributed by atoms with Crippen molar-refractivity contribution in [2.75, 3.05) is 11.9 Å². The summed E-state index contributed by atoms with van der Waals surface area (Å²) in [4.78, 5) is 5.98. The Morgan fingerprint density at radius 3 is 2.75 bits per heavy atom. The van der Waals surface area contributed by atoms with Crippen LogP contribution in [0.25, 0.3) is 0 Å². The number of alkyl halides is 1. The zero-order valence-electron chi connectivity index (χ0n) is 10.0. The molecule has 1 saturated heterocycles. The Morgan fingerprint density at radius 1 is 1.56 bits per heavy atom. The van der Waals surface area contributed by atoms with Crippen molar-refractivity contribution in [1.82, 2.24) is 4.98 Å². The van der Waals surface area contributed by atoms with Crippen molar-refractivity contribution in [3.05, 3.63) is 15.6 Å². The predicted molar refractivity (Wildman–Crippen MR) is 71.6 cm³/mol. The minimum atomic E-state index is 0.247. The highest BCUT2D eigenvalue weighted by atomic mass is 79.9. The number of hydrogen-bond donors (Lipinski definition) is 0. The van der Waals surface area contributed by atoms with Gasteiger partial charge in [0.1, 0.15) is 0 Å². The molecule has 2 heterocycles. The molecule has 1 aliphatic heterocycles. The average Bonchev–Trinajstić information content (AvgIpc) is 2.74. The molecule has 90 valence electrons. The van der Waals surface area contributed by atoms with E-state index < -0.39 is 0 Å². The second-order valence-electron chi connectivity index (χ2n) is 4.68. The topological polar surface area (TPSA) is 22.1 Å². The van der Waals surface area contributed by atoms with Crippen LogP contribution in [-0.2, 0) is 11.2 Å². The van der Waals surface area contributed by atoms with E-state index in [0.29, 0.717) is 6.10 Å². The summed E-state index contributed by atoms with van der Waals surface area (Å²) in [6, 6.07) is 0. The SMILES string of the molecule is Cc1nc(CC2(CBr)CCOC2C)sc1C. The van der Waals surface area contributed by atoms with E-state index >= 15 is 0 Å². The van der Waals surface area contributed by atoms with Crippen LogP contribution in [0.5, 0.6) is 0 Å². The van der Waals surface area contributed by atoms with Crippen molar-refractivity contribution in [1.29, 1.82) is 0 Å². The highest BCUT2D eigenvalue weighted by Gasteiger charge is 2.41. The lowest BCUT2D eigenvalue weighted by atomic mass is 9.81. The molecule has 1 aromatic heterocycles. The van der Waals surface area contributed by atoms with Gasteiger partial charge < -0.3 is 4.74 Å². The summed E-state index contributed by atoms with van der Waals surface area (Å²) in [5.41, 5.74) is 1.42. The normalized spacial score (nSPS) is 29.9. The molecule has 0 spiro atoms. The first-order valence-corrected chi connectivity index (χ1v) is 7.62. The van der Waals surface area contributed by atoms with Crippen LogP contribution in [0.2, 0.25) is 0 Å². The summed E-state index contributed by atoms with van der Waals surface area (Å²) in [6.07, 6.45) is 2.51. The van der Waals surface area contributed by atoms with Crippen molar-refractivity contribution < 1.29 is 4.74 Å². The maximum Gasteiger partial charge on any atom is 0.0937 e. The van der Waals surface area contributed by atoms with Crippen LogP contribution in [0, 0.1) is 19.3 Å². The Labute approximate surface area is 110 Å². The molecule has 1 aliphatic rings. The molecule has 1 fully saturated rings. The fourth-order valence-corrected chi connectivity index (χ4v) is 4.21. The van der Waals surface area contributed by atoms with E-state index in [9.17, 15) is 0 Å².